The van der Waals surface area contributed by atoms with Crippen molar-refractivity contribution in [1.29, 1.82) is 0 Å². The van der Waals surface area contributed by atoms with Crippen LogP contribution in [0.3, 0.4) is 0 Å². The van der Waals surface area contributed by atoms with Gasteiger partial charge in [-0.3, -0.25) is 4.79 Å². The van der Waals surface area contributed by atoms with E-state index in [2.05, 4.69) is 4.98 Å². The van der Waals surface area contributed by atoms with Gasteiger partial charge in [0.05, 0.1) is 11.6 Å². The van der Waals surface area contributed by atoms with Crippen LogP contribution < -0.4 is 4.74 Å². The van der Waals surface area contributed by atoms with Gasteiger partial charge in [-0.1, -0.05) is 25.4 Å². The molecule has 0 amide bonds. The Morgan fingerprint density at radius 3 is 2.81 bits per heavy atom. The monoisotopic (exact) mass is 305 g/mol. The number of hydrogen-bond acceptors (Lipinski definition) is 3. The molecule has 1 aliphatic rings. The zero-order chi connectivity index (χ0) is 15.2. The van der Waals surface area contributed by atoms with Gasteiger partial charge in [-0.25, -0.2) is 9.37 Å². The molecule has 3 rings (SSSR count). The number of aldehydes is 1. The van der Waals surface area contributed by atoms with E-state index in [0.29, 0.717) is 35.6 Å². The van der Waals surface area contributed by atoms with Gasteiger partial charge < -0.3 is 4.74 Å². The SMILES string of the molecule is CC1(C)COc2c1cc(C=O)nc2-c1ccc(F)c(Cl)c1. The normalized spacial score (nSPS) is 15.4. The van der Waals surface area contributed by atoms with Crippen molar-refractivity contribution in [2.45, 2.75) is 19.3 Å². The van der Waals surface area contributed by atoms with Crippen LogP contribution in [-0.2, 0) is 5.41 Å². The lowest BCUT2D eigenvalue weighted by Gasteiger charge is -2.15. The van der Waals surface area contributed by atoms with Crippen molar-refractivity contribution in [3.05, 3.63) is 46.4 Å². The van der Waals surface area contributed by atoms with Crippen LogP contribution in [-0.4, -0.2) is 17.9 Å². The van der Waals surface area contributed by atoms with E-state index in [1.807, 2.05) is 13.8 Å². The Kier molecular flexibility index (Phi) is 3.21. The first-order valence-electron chi connectivity index (χ1n) is 6.51. The molecule has 0 saturated carbocycles. The third-order valence-electron chi connectivity index (χ3n) is 3.61. The summed E-state index contributed by atoms with van der Waals surface area (Å²) in [5.74, 6) is 0.137. The molecule has 3 nitrogen and oxygen atoms in total. The first-order valence-corrected chi connectivity index (χ1v) is 6.89. The number of carbonyl (C=O) groups excluding carboxylic acids is 1. The summed E-state index contributed by atoms with van der Waals surface area (Å²) in [7, 11) is 0. The zero-order valence-corrected chi connectivity index (χ0v) is 12.4. The third kappa shape index (κ3) is 2.29. The van der Waals surface area contributed by atoms with Crippen molar-refractivity contribution in [2.75, 3.05) is 6.61 Å². The van der Waals surface area contributed by atoms with Gasteiger partial charge in [0.15, 0.2) is 6.29 Å². The minimum atomic E-state index is -0.496. The van der Waals surface area contributed by atoms with E-state index < -0.39 is 5.82 Å². The predicted octanol–water partition coefficient (Wildman–Crippen LogP) is 4.02. The molecule has 0 fully saturated rings. The molecular weight excluding hydrogens is 293 g/mol. The van der Waals surface area contributed by atoms with Crippen LogP contribution in [0.15, 0.2) is 24.3 Å². The molecule has 21 heavy (non-hydrogen) atoms. The maximum Gasteiger partial charge on any atom is 0.168 e. The Hall–Kier alpha value is -1.94. The lowest BCUT2D eigenvalue weighted by Crippen LogP contribution is -2.18. The van der Waals surface area contributed by atoms with Crippen molar-refractivity contribution in [1.82, 2.24) is 4.98 Å². The van der Waals surface area contributed by atoms with E-state index in [0.717, 1.165) is 5.56 Å². The number of rotatable bonds is 2. The second kappa shape index (κ2) is 4.81. The molecule has 0 radical (unpaired) electrons. The van der Waals surface area contributed by atoms with E-state index in [9.17, 15) is 9.18 Å². The van der Waals surface area contributed by atoms with E-state index in [1.165, 1.54) is 12.1 Å². The van der Waals surface area contributed by atoms with Gasteiger partial charge in [0.2, 0.25) is 0 Å². The van der Waals surface area contributed by atoms with Gasteiger partial charge >= 0.3 is 0 Å². The Morgan fingerprint density at radius 1 is 1.38 bits per heavy atom. The molecule has 2 heterocycles. The van der Waals surface area contributed by atoms with Gasteiger partial charge in [0, 0.05) is 16.5 Å². The zero-order valence-electron chi connectivity index (χ0n) is 11.6. The van der Waals surface area contributed by atoms with Crippen molar-refractivity contribution >= 4 is 17.9 Å². The summed E-state index contributed by atoms with van der Waals surface area (Å²) in [6, 6.07) is 6.08. The summed E-state index contributed by atoms with van der Waals surface area (Å²) in [6.45, 7) is 4.58. The molecule has 0 atom stereocenters. The molecule has 108 valence electrons. The van der Waals surface area contributed by atoms with Crippen LogP contribution in [0.2, 0.25) is 5.02 Å². The molecule has 1 aromatic carbocycles. The maximum atomic E-state index is 13.3. The van der Waals surface area contributed by atoms with Crippen molar-refractivity contribution < 1.29 is 13.9 Å². The number of halogens is 2. The smallest absolute Gasteiger partial charge is 0.168 e. The number of hydrogen-bond donors (Lipinski definition) is 0. The minimum absolute atomic E-state index is 0.0109. The second-order valence-corrected chi connectivity index (χ2v) is 6.10. The molecule has 1 aromatic heterocycles. The van der Waals surface area contributed by atoms with E-state index >= 15 is 0 Å². The number of benzene rings is 1. The standard InChI is InChI=1S/C16H13ClFNO2/c1-16(2)8-21-15-11(16)6-10(7-20)19-14(15)9-3-4-13(18)12(17)5-9/h3-7H,8H2,1-2H3. The number of nitrogens with zero attached hydrogens (tertiary/aromatic N) is 1. The lowest BCUT2D eigenvalue weighted by molar-refractivity contribution is 0.111. The van der Waals surface area contributed by atoms with Crippen LogP contribution in [0.25, 0.3) is 11.3 Å². The largest absolute Gasteiger partial charge is 0.490 e. The van der Waals surface area contributed by atoms with Crippen molar-refractivity contribution in [3.63, 3.8) is 0 Å². The highest BCUT2D eigenvalue weighted by Crippen LogP contribution is 2.44. The molecule has 1 aliphatic heterocycles. The number of ether oxygens (including phenoxy) is 1. The molecule has 0 saturated heterocycles. The number of pyridine rings is 1. The molecule has 0 N–H and O–H groups in total. The summed E-state index contributed by atoms with van der Waals surface area (Å²) >= 11 is 5.83. The maximum absolute atomic E-state index is 13.3. The quantitative estimate of drug-likeness (QED) is 0.787. The molecule has 5 heteroatoms. The van der Waals surface area contributed by atoms with Gasteiger partial charge in [0.25, 0.3) is 0 Å². The van der Waals surface area contributed by atoms with Crippen molar-refractivity contribution in [3.8, 4) is 17.0 Å². The van der Waals surface area contributed by atoms with Crippen molar-refractivity contribution in [2.24, 2.45) is 0 Å². The van der Waals surface area contributed by atoms with E-state index in [1.54, 1.807) is 12.1 Å². The van der Waals surface area contributed by atoms with E-state index in [-0.39, 0.29) is 10.4 Å². The fraction of sp³-hybridized carbons (Fsp3) is 0.250. The Morgan fingerprint density at radius 2 is 2.14 bits per heavy atom. The summed E-state index contributed by atoms with van der Waals surface area (Å²) in [6.07, 6.45) is 0.698. The Bertz CT molecular complexity index is 743. The summed E-state index contributed by atoms with van der Waals surface area (Å²) < 4.78 is 19.1. The predicted molar refractivity (Wildman–Crippen MR) is 78.5 cm³/mol. The minimum Gasteiger partial charge on any atom is -0.490 e. The topological polar surface area (TPSA) is 39.2 Å². The van der Waals surface area contributed by atoms with Crippen LogP contribution in [0.1, 0.15) is 29.9 Å². The highest BCUT2D eigenvalue weighted by atomic mass is 35.5. The highest BCUT2D eigenvalue weighted by molar-refractivity contribution is 6.31. The second-order valence-electron chi connectivity index (χ2n) is 5.69. The van der Waals surface area contributed by atoms with Gasteiger partial charge in [0.1, 0.15) is 23.0 Å². The fourth-order valence-electron chi connectivity index (χ4n) is 2.43. The molecule has 0 unspecified atom stereocenters. The number of aromatic nitrogens is 1. The Balaban J connectivity index is 2.25. The van der Waals surface area contributed by atoms with Crippen LogP contribution >= 0.6 is 11.6 Å². The van der Waals surface area contributed by atoms with Gasteiger partial charge in [-0.05, 0) is 24.3 Å². The first-order chi connectivity index (χ1) is 9.92. The van der Waals surface area contributed by atoms with Crippen LogP contribution in [0, 0.1) is 5.82 Å². The first kappa shape index (κ1) is 14.0. The average Bonchev–Trinajstić information content (AvgIpc) is 2.77. The highest BCUT2D eigenvalue weighted by Gasteiger charge is 2.35. The lowest BCUT2D eigenvalue weighted by atomic mass is 9.86. The average molecular weight is 306 g/mol. The van der Waals surface area contributed by atoms with Gasteiger partial charge in [-0.2, -0.15) is 0 Å². The third-order valence-corrected chi connectivity index (χ3v) is 3.90. The summed E-state index contributed by atoms with van der Waals surface area (Å²) in [5, 5.41) is 0.0109. The Labute approximate surface area is 126 Å². The number of fused-ring (bicyclic) bond motifs is 1. The summed E-state index contributed by atoms with van der Waals surface area (Å²) in [4.78, 5) is 15.4. The van der Waals surface area contributed by atoms with Gasteiger partial charge in [-0.15, -0.1) is 0 Å². The van der Waals surface area contributed by atoms with Crippen LogP contribution in [0.5, 0.6) is 5.75 Å². The molecule has 0 spiro atoms. The number of carbonyl (C=O) groups is 1. The molecule has 0 bridgehead atoms. The molecule has 2 aromatic rings. The molecular formula is C16H13ClFNO2. The van der Waals surface area contributed by atoms with Crippen LogP contribution in [0.4, 0.5) is 4.39 Å². The van der Waals surface area contributed by atoms with E-state index in [4.69, 9.17) is 16.3 Å². The summed E-state index contributed by atoms with van der Waals surface area (Å²) in [5.41, 5.74) is 2.19. The fourth-order valence-corrected chi connectivity index (χ4v) is 2.61. The molecule has 0 aliphatic carbocycles.